The Hall–Kier alpha value is -1.55. The van der Waals surface area contributed by atoms with E-state index >= 15 is 0 Å². The fourth-order valence-electron chi connectivity index (χ4n) is 1.80. The van der Waals surface area contributed by atoms with Gasteiger partial charge in [-0.05, 0) is 30.2 Å². The summed E-state index contributed by atoms with van der Waals surface area (Å²) in [5.74, 6) is 1.33. The first kappa shape index (κ1) is 9.66. The number of hydrogen-bond donors (Lipinski definition) is 1. The van der Waals surface area contributed by atoms with Crippen LogP contribution in [0.2, 0.25) is 0 Å². The molecule has 0 bridgehead atoms. The Labute approximate surface area is 97.5 Å². The van der Waals surface area contributed by atoms with Gasteiger partial charge in [0.25, 0.3) is 0 Å². The molecule has 0 saturated carbocycles. The maximum Gasteiger partial charge on any atom is 0.125 e. The molecule has 4 heteroatoms. The van der Waals surface area contributed by atoms with Crippen LogP contribution in [0.1, 0.15) is 5.56 Å². The van der Waals surface area contributed by atoms with E-state index in [1.165, 1.54) is 5.56 Å². The van der Waals surface area contributed by atoms with Gasteiger partial charge < -0.3 is 5.11 Å². The van der Waals surface area contributed by atoms with Crippen molar-refractivity contribution >= 4 is 11.8 Å². The van der Waals surface area contributed by atoms with Gasteiger partial charge in [0.15, 0.2) is 0 Å². The van der Waals surface area contributed by atoms with Crippen molar-refractivity contribution in [1.29, 1.82) is 0 Å². The minimum absolute atomic E-state index is 0.252. The van der Waals surface area contributed by atoms with Crippen LogP contribution in [0.3, 0.4) is 0 Å². The van der Waals surface area contributed by atoms with Crippen LogP contribution < -0.4 is 0 Å². The minimum atomic E-state index is 0.252. The van der Waals surface area contributed by atoms with E-state index in [0.29, 0.717) is 0 Å². The van der Waals surface area contributed by atoms with E-state index in [4.69, 9.17) is 0 Å². The van der Waals surface area contributed by atoms with Crippen molar-refractivity contribution in [2.45, 2.75) is 11.4 Å². The molecule has 1 aliphatic heterocycles. The maximum atomic E-state index is 9.74. The number of aryl methyl sites for hydroxylation is 1. The molecule has 1 aliphatic rings. The summed E-state index contributed by atoms with van der Waals surface area (Å²) in [6.07, 6.45) is 1.04. The fraction of sp³-hybridized carbons (Fsp3) is 0.167. The topological polar surface area (TPSA) is 46.0 Å². The normalized spacial score (nSPS) is 13.8. The summed E-state index contributed by atoms with van der Waals surface area (Å²) < 4.78 is 0. The molecule has 0 aliphatic carbocycles. The second kappa shape index (κ2) is 3.79. The predicted molar refractivity (Wildman–Crippen MR) is 63.6 cm³/mol. The van der Waals surface area contributed by atoms with Crippen molar-refractivity contribution < 1.29 is 5.11 Å². The number of fused-ring (bicyclic) bond motifs is 1. The molecule has 80 valence electrons. The zero-order valence-corrected chi connectivity index (χ0v) is 9.37. The minimum Gasteiger partial charge on any atom is -0.507 e. The number of aromatic hydroxyl groups is 1. The first-order chi connectivity index (χ1) is 7.84. The number of benzene rings is 1. The maximum absolute atomic E-state index is 9.74. The molecule has 0 atom stereocenters. The number of nitrogens with zero attached hydrogens (tertiary/aromatic N) is 2. The van der Waals surface area contributed by atoms with Gasteiger partial charge >= 0.3 is 0 Å². The Morgan fingerprint density at radius 2 is 2.06 bits per heavy atom. The van der Waals surface area contributed by atoms with Gasteiger partial charge in [-0.2, -0.15) is 0 Å². The number of phenolic OH excluding ortho intramolecular Hbond substituents is 1. The zero-order chi connectivity index (χ0) is 11.0. The molecule has 1 N–H and O–H groups in total. The number of para-hydroxylation sites is 1. The van der Waals surface area contributed by atoms with Gasteiger partial charge in [0.2, 0.25) is 0 Å². The highest BCUT2D eigenvalue weighted by atomic mass is 32.2. The van der Waals surface area contributed by atoms with E-state index in [-0.39, 0.29) is 5.75 Å². The highest BCUT2D eigenvalue weighted by Crippen LogP contribution is 2.33. The Bertz CT molecular complexity index is 542. The molecule has 1 aromatic carbocycles. The molecular weight excluding hydrogens is 220 g/mol. The standard InChI is InChI=1S/C12H10N2OS/c15-11-4-2-1-3-9(11)10-7-8-5-6-16-12(8)14-13-10/h1-4,7,15H,5-6H2. The summed E-state index contributed by atoms with van der Waals surface area (Å²) >= 11 is 1.74. The molecule has 0 unspecified atom stereocenters. The van der Waals surface area contributed by atoms with Crippen LogP contribution >= 0.6 is 11.8 Å². The summed E-state index contributed by atoms with van der Waals surface area (Å²) in [6.45, 7) is 0. The van der Waals surface area contributed by atoms with Crippen molar-refractivity contribution in [1.82, 2.24) is 10.2 Å². The lowest BCUT2D eigenvalue weighted by Gasteiger charge is -2.04. The SMILES string of the molecule is Oc1ccccc1-c1cc2c(nn1)SCC2. The molecule has 1 aromatic heterocycles. The summed E-state index contributed by atoms with van der Waals surface area (Å²) in [5.41, 5.74) is 2.73. The van der Waals surface area contributed by atoms with Gasteiger partial charge in [0, 0.05) is 11.3 Å². The average molecular weight is 230 g/mol. The summed E-state index contributed by atoms with van der Waals surface area (Å²) in [4.78, 5) is 0. The van der Waals surface area contributed by atoms with Crippen molar-refractivity contribution in [2.24, 2.45) is 0 Å². The second-order valence-electron chi connectivity index (χ2n) is 3.68. The van der Waals surface area contributed by atoms with E-state index in [0.717, 1.165) is 28.5 Å². The lowest BCUT2D eigenvalue weighted by atomic mass is 10.1. The third-order valence-electron chi connectivity index (χ3n) is 2.62. The first-order valence-electron chi connectivity index (χ1n) is 5.12. The Kier molecular flexibility index (Phi) is 2.29. The highest BCUT2D eigenvalue weighted by Gasteiger charge is 2.15. The molecule has 2 heterocycles. The molecule has 3 nitrogen and oxygen atoms in total. The average Bonchev–Trinajstić information content (AvgIpc) is 2.76. The lowest BCUT2D eigenvalue weighted by Crippen LogP contribution is -1.92. The molecule has 0 fully saturated rings. The van der Waals surface area contributed by atoms with E-state index < -0.39 is 0 Å². The quantitative estimate of drug-likeness (QED) is 0.817. The van der Waals surface area contributed by atoms with Crippen molar-refractivity contribution in [3.8, 4) is 17.0 Å². The summed E-state index contributed by atoms with van der Waals surface area (Å²) in [5, 5.41) is 19.1. The predicted octanol–water partition coefficient (Wildman–Crippen LogP) is 2.50. The van der Waals surface area contributed by atoms with Crippen molar-refractivity contribution in [3.05, 3.63) is 35.9 Å². The van der Waals surface area contributed by atoms with E-state index in [2.05, 4.69) is 10.2 Å². The van der Waals surface area contributed by atoms with Crippen LogP contribution in [-0.2, 0) is 6.42 Å². The van der Waals surface area contributed by atoms with Crippen LogP contribution in [0.15, 0.2) is 35.4 Å². The first-order valence-corrected chi connectivity index (χ1v) is 6.11. The monoisotopic (exact) mass is 230 g/mol. The summed E-state index contributed by atoms with van der Waals surface area (Å²) in [6, 6.07) is 9.23. The molecule has 0 amide bonds. The molecule has 3 rings (SSSR count). The third-order valence-corrected chi connectivity index (χ3v) is 3.65. The molecular formula is C12H10N2OS. The van der Waals surface area contributed by atoms with Gasteiger partial charge in [-0.1, -0.05) is 12.1 Å². The van der Waals surface area contributed by atoms with Gasteiger partial charge in [-0.3, -0.25) is 0 Å². The molecule has 0 saturated heterocycles. The summed E-state index contributed by atoms with van der Waals surface area (Å²) in [7, 11) is 0. The fourth-order valence-corrected chi connectivity index (χ4v) is 2.76. The Morgan fingerprint density at radius 1 is 1.19 bits per heavy atom. The van der Waals surface area contributed by atoms with E-state index in [1.807, 2.05) is 18.2 Å². The van der Waals surface area contributed by atoms with Crippen LogP contribution in [0.4, 0.5) is 0 Å². The van der Waals surface area contributed by atoms with Gasteiger partial charge in [-0.25, -0.2) is 0 Å². The van der Waals surface area contributed by atoms with E-state index in [1.54, 1.807) is 23.9 Å². The van der Waals surface area contributed by atoms with Gasteiger partial charge in [-0.15, -0.1) is 22.0 Å². The largest absolute Gasteiger partial charge is 0.507 e. The molecule has 0 radical (unpaired) electrons. The number of thioether (sulfide) groups is 1. The van der Waals surface area contributed by atoms with E-state index in [9.17, 15) is 5.11 Å². The number of hydrogen-bond acceptors (Lipinski definition) is 4. The number of rotatable bonds is 1. The van der Waals surface area contributed by atoms with Gasteiger partial charge in [0.1, 0.15) is 10.8 Å². The third kappa shape index (κ3) is 1.55. The Morgan fingerprint density at radius 3 is 2.94 bits per heavy atom. The zero-order valence-electron chi connectivity index (χ0n) is 8.55. The molecule has 2 aromatic rings. The number of phenols is 1. The highest BCUT2D eigenvalue weighted by molar-refractivity contribution is 7.99. The van der Waals surface area contributed by atoms with Crippen molar-refractivity contribution in [2.75, 3.05) is 5.75 Å². The van der Waals surface area contributed by atoms with Crippen LogP contribution in [0.25, 0.3) is 11.3 Å². The van der Waals surface area contributed by atoms with Gasteiger partial charge in [0.05, 0.1) is 5.69 Å². The molecule has 0 spiro atoms. The Balaban J connectivity index is 2.11. The lowest BCUT2D eigenvalue weighted by molar-refractivity contribution is 0.477. The smallest absolute Gasteiger partial charge is 0.125 e. The van der Waals surface area contributed by atoms with Crippen LogP contribution in [0, 0.1) is 0 Å². The second-order valence-corrected chi connectivity index (χ2v) is 4.76. The number of aromatic nitrogens is 2. The van der Waals surface area contributed by atoms with Crippen molar-refractivity contribution in [3.63, 3.8) is 0 Å². The van der Waals surface area contributed by atoms with Crippen LogP contribution in [-0.4, -0.2) is 21.1 Å². The molecule has 16 heavy (non-hydrogen) atoms. The van der Waals surface area contributed by atoms with Crippen LogP contribution in [0.5, 0.6) is 5.75 Å².